The maximum absolute atomic E-state index is 5.76. The molecule has 0 atom stereocenters. The maximum atomic E-state index is 5.76. The van der Waals surface area contributed by atoms with Gasteiger partial charge in [0.15, 0.2) is 0 Å². The molecule has 0 radical (unpaired) electrons. The maximum Gasteiger partial charge on any atom is 0.0542 e. The summed E-state index contributed by atoms with van der Waals surface area (Å²) >= 11 is 3.90. The van der Waals surface area contributed by atoms with E-state index in [1.165, 1.54) is 103 Å². The number of benzene rings is 5. The third-order valence-electron chi connectivity index (χ3n) is 10.3. The third kappa shape index (κ3) is 8.26. The zero-order valence-electron chi connectivity index (χ0n) is 30.7. The lowest BCUT2D eigenvalue weighted by atomic mass is 9.97. The molecule has 0 spiro atoms. The minimum atomic E-state index is 0.854. The van der Waals surface area contributed by atoms with E-state index in [0.29, 0.717) is 0 Å². The number of fused-ring (bicyclic) bond motifs is 8. The van der Waals surface area contributed by atoms with Crippen LogP contribution in [0.25, 0.3) is 68.0 Å². The molecule has 2 aromatic heterocycles. The molecular weight excluding hydrogens is 661 g/mol. The van der Waals surface area contributed by atoms with Gasteiger partial charge >= 0.3 is 0 Å². The summed E-state index contributed by atoms with van der Waals surface area (Å²) in [4.78, 5) is 0. The number of unbranched alkanes of at least 4 members (excludes halogenated alkanes) is 4. The molecule has 0 aliphatic rings. The van der Waals surface area contributed by atoms with Gasteiger partial charge in [-0.3, -0.25) is 0 Å². The van der Waals surface area contributed by atoms with E-state index >= 15 is 0 Å². The van der Waals surface area contributed by atoms with Gasteiger partial charge in [0.25, 0.3) is 0 Å². The molecular formula is C47H52O2S2. The van der Waals surface area contributed by atoms with Crippen molar-refractivity contribution in [3.8, 4) is 0 Å². The van der Waals surface area contributed by atoms with Gasteiger partial charge in [-0.1, -0.05) is 69.7 Å². The summed E-state index contributed by atoms with van der Waals surface area (Å²) < 4.78 is 17.1. The van der Waals surface area contributed by atoms with Crippen molar-refractivity contribution in [3.05, 3.63) is 102 Å². The zero-order valence-corrected chi connectivity index (χ0v) is 32.4. The molecule has 7 rings (SSSR count). The first-order chi connectivity index (χ1) is 25.0. The smallest absolute Gasteiger partial charge is 0.0542 e. The lowest BCUT2D eigenvalue weighted by Crippen LogP contribution is -1.97. The van der Waals surface area contributed by atoms with Crippen LogP contribution in [0, 0.1) is 6.92 Å². The first-order valence-electron chi connectivity index (χ1n) is 19.2. The molecule has 51 heavy (non-hydrogen) atoms. The van der Waals surface area contributed by atoms with E-state index in [1.54, 1.807) is 0 Å². The summed E-state index contributed by atoms with van der Waals surface area (Å²) in [6, 6.07) is 26.3. The molecule has 0 aliphatic heterocycles. The molecule has 0 saturated heterocycles. The normalized spacial score (nSPS) is 12.5. The first kappa shape index (κ1) is 35.8. The topological polar surface area (TPSA) is 18.5 Å². The second-order valence-corrected chi connectivity index (χ2v) is 16.4. The van der Waals surface area contributed by atoms with Gasteiger partial charge in [0.1, 0.15) is 0 Å². The quantitative estimate of drug-likeness (QED) is 0.0501. The van der Waals surface area contributed by atoms with E-state index in [2.05, 4.69) is 100 Å². The SMILES string of the molecule is C=C/C(=C\c1cc2cc3sc4c5cc6cc7ccc(CCCCOCCCC)cc7cc6cc5sc4c3cc2cc1C)CCCCOCCCC. The Bertz CT molecular complexity index is 2340. The van der Waals surface area contributed by atoms with Crippen molar-refractivity contribution in [3.63, 3.8) is 0 Å². The summed E-state index contributed by atoms with van der Waals surface area (Å²) in [7, 11) is 0. The number of aryl methyl sites for hydroxylation is 2. The largest absolute Gasteiger partial charge is 0.381 e. The van der Waals surface area contributed by atoms with Crippen molar-refractivity contribution in [2.45, 2.75) is 85.0 Å². The minimum absolute atomic E-state index is 0.854. The Balaban J connectivity index is 1.12. The molecule has 0 aliphatic carbocycles. The van der Waals surface area contributed by atoms with E-state index in [9.17, 15) is 0 Å². The summed E-state index contributed by atoms with van der Waals surface area (Å²) in [5, 5.41) is 10.7. The molecule has 5 aromatic carbocycles. The van der Waals surface area contributed by atoms with Gasteiger partial charge in [0.2, 0.25) is 0 Å². The van der Waals surface area contributed by atoms with Crippen LogP contribution < -0.4 is 0 Å². The second-order valence-electron chi connectivity index (χ2n) is 14.3. The van der Waals surface area contributed by atoms with Gasteiger partial charge in [0, 0.05) is 46.6 Å². The van der Waals surface area contributed by atoms with Crippen molar-refractivity contribution >= 4 is 90.6 Å². The Kier molecular flexibility index (Phi) is 11.9. The lowest BCUT2D eigenvalue weighted by Gasteiger charge is -2.08. The number of ether oxygens (including phenoxy) is 2. The van der Waals surface area contributed by atoms with Crippen LogP contribution in [-0.4, -0.2) is 26.4 Å². The first-order valence-corrected chi connectivity index (χ1v) is 20.9. The molecule has 2 nitrogen and oxygen atoms in total. The Hall–Kier alpha value is -3.54. The Morgan fingerprint density at radius 3 is 1.84 bits per heavy atom. The highest BCUT2D eigenvalue weighted by molar-refractivity contribution is 7.36. The van der Waals surface area contributed by atoms with Crippen LogP contribution in [0.2, 0.25) is 0 Å². The highest BCUT2D eigenvalue weighted by Gasteiger charge is 2.15. The minimum Gasteiger partial charge on any atom is -0.381 e. The van der Waals surface area contributed by atoms with Crippen LogP contribution in [0.5, 0.6) is 0 Å². The predicted molar refractivity (Wildman–Crippen MR) is 228 cm³/mol. The zero-order chi connectivity index (χ0) is 35.2. The van der Waals surface area contributed by atoms with Gasteiger partial charge < -0.3 is 9.47 Å². The van der Waals surface area contributed by atoms with Gasteiger partial charge in [-0.05, 0) is 155 Å². The van der Waals surface area contributed by atoms with E-state index in [4.69, 9.17) is 9.47 Å². The van der Waals surface area contributed by atoms with Crippen molar-refractivity contribution < 1.29 is 9.47 Å². The van der Waals surface area contributed by atoms with Gasteiger partial charge in [-0.15, -0.1) is 22.7 Å². The number of hydrogen-bond acceptors (Lipinski definition) is 4. The molecule has 0 bridgehead atoms. The van der Waals surface area contributed by atoms with Crippen LogP contribution in [0.4, 0.5) is 0 Å². The molecule has 0 N–H and O–H groups in total. The van der Waals surface area contributed by atoms with E-state index in [1.807, 2.05) is 28.7 Å². The fourth-order valence-electron chi connectivity index (χ4n) is 7.24. The summed E-state index contributed by atoms with van der Waals surface area (Å²) in [5.41, 5.74) is 5.32. The average molecular weight is 713 g/mol. The van der Waals surface area contributed by atoms with Crippen LogP contribution in [0.15, 0.2) is 85.0 Å². The van der Waals surface area contributed by atoms with Gasteiger partial charge in [0.05, 0.1) is 9.40 Å². The highest BCUT2D eigenvalue weighted by Crippen LogP contribution is 2.46. The number of allylic oxidation sites excluding steroid dienone is 2. The fraction of sp³-hybridized carbons (Fsp3) is 0.362. The Labute approximate surface area is 311 Å². The summed E-state index contributed by atoms with van der Waals surface area (Å²) in [5.74, 6) is 0. The molecule has 4 heteroatoms. The predicted octanol–water partition coefficient (Wildman–Crippen LogP) is 14.7. The fourth-order valence-corrected chi connectivity index (χ4v) is 9.93. The molecule has 0 amide bonds. The van der Waals surface area contributed by atoms with Crippen molar-refractivity contribution in [2.75, 3.05) is 26.4 Å². The number of thiophene rings is 2. The van der Waals surface area contributed by atoms with Crippen LogP contribution >= 0.6 is 22.7 Å². The highest BCUT2D eigenvalue weighted by atomic mass is 32.1. The van der Waals surface area contributed by atoms with Crippen molar-refractivity contribution in [2.24, 2.45) is 0 Å². The second kappa shape index (κ2) is 16.9. The standard InChI is InChI=1S/C47H52O2S2/c1-5-8-18-48-20-12-10-14-33(7-3)23-36-26-40-30-44-42(28-37(40)22-32(36)4)46-47(50-44)43-29-39-25-35-17-16-34(15-11-13-21-49-19-9-6-2)24-38(35)27-41(39)31-45(43)51-46/h7,16-17,22-31H,3,5-6,8-15,18-21H2,1-2,4H3/b33-23+. The molecule has 0 saturated carbocycles. The number of rotatable bonds is 18. The number of hydrogen-bond donors (Lipinski definition) is 0. The molecule has 0 fully saturated rings. The van der Waals surface area contributed by atoms with Crippen molar-refractivity contribution in [1.29, 1.82) is 0 Å². The van der Waals surface area contributed by atoms with Crippen LogP contribution in [-0.2, 0) is 15.9 Å². The molecule has 264 valence electrons. The van der Waals surface area contributed by atoms with E-state index < -0.39 is 0 Å². The van der Waals surface area contributed by atoms with Crippen molar-refractivity contribution in [1.82, 2.24) is 0 Å². The Morgan fingerprint density at radius 1 is 0.608 bits per heavy atom. The Morgan fingerprint density at radius 2 is 1.18 bits per heavy atom. The molecule has 2 heterocycles. The summed E-state index contributed by atoms with van der Waals surface area (Å²) in [6.07, 6.45) is 15.7. The van der Waals surface area contributed by atoms with Crippen LogP contribution in [0.3, 0.4) is 0 Å². The summed E-state index contributed by atoms with van der Waals surface area (Å²) in [6.45, 7) is 14.3. The van der Waals surface area contributed by atoms with Gasteiger partial charge in [-0.2, -0.15) is 0 Å². The third-order valence-corrected chi connectivity index (χ3v) is 12.8. The van der Waals surface area contributed by atoms with Crippen LogP contribution in [0.1, 0.15) is 88.3 Å². The van der Waals surface area contributed by atoms with E-state index in [-0.39, 0.29) is 0 Å². The molecule has 0 unspecified atom stereocenters. The molecule has 7 aromatic rings. The lowest BCUT2D eigenvalue weighted by molar-refractivity contribution is 0.127. The van der Waals surface area contributed by atoms with Gasteiger partial charge in [-0.25, -0.2) is 0 Å². The monoisotopic (exact) mass is 712 g/mol. The average Bonchev–Trinajstić information content (AvgIpc) is 3.66. The van der Waals surface area contributed by atoms with E-state index in [0.717, 1.165) is 71.4 Å².